The monoisotopic (exact) mass is 402 g/mol. The van der Waals surface area contributed by atoms with Gasteiger partial charge in [0, 0.05) is 0 Å². The number of nitrogens with one attached hydrogen (secondary N) is 2. The van der Waals surface area contributed by atoms with Crippen LogP contribution in [0.25, 0.3) is 0 Å². The largest absolute Gasteiger partial charge is 0.495 e. The maximum absolute atomic E-state index is 12.4. The summed E-state index contributed by atoms with van der Waals surface area (Å²) < 4.78 is 32.1. The third-order valence-electron chi connectivity index (χ3n) is 3.29. The van der Waals surface area contributed by atoms with Crippen LogP contribution in [-0.4, -0.2) is 27.5 Å². The molecule has 1 atom stereocenters. The van der Waals surface area contributed by atoms with Gasteiger partial charge in [-0.05, 0) is 37.3 Å². The average molecular weight is 403 g/mol. The summed E-state index contributed by atoms with van der Waals surface area (Å²) in [4.78, 5) is 12.1. The second-order valence-corrected chi connectivity index (χ2v) is 7.64. The fourth-order valence-corrected chi connectivity index (χ4v) is 3.71. The molecule has 0 radical (unpaired) electrons. The van der Waals surface area contributed by atoms with E-state index >= 15 is 0 Å². The van der Waals surface area contributed by atoms with Crippen molar-refractivity contribution in [2.24, 2.45) is 0 Å². The molecule has 0 aromatic heterocycles. The normalized spacial score (nSPS) is 12.5. The summed E-state index contributed by atoms with van der Waals surface area (Å²) in [6.45, 7) is 1.43. The fraction of sp³-hybridized carbons (Fsp3) is 0.188. The third kappa shape index (κ3) is 4.85. The lowest BCUT2D eigenvalue weighted by Gasteiger charge is -2.15. The molecule has 0 spiro atoms. The van der Waals surface area contributed by atoms with Gasteiger partial charge in [-0.3, -0.25) is 4.79 Å². The predicted molar refractivity (Wildman–Crippen MR) is 97.9 cm³/mol. The molecule has 2 rings (SSSR count). The number of hydrogen-bond acceptors (Lipinski definition) is 4. The van der Waals surface area contributed by atoms with Gasteiger partial charge in [-0.15, -0.1) is 0 Å². The van der Waals surface area contributed by atoms with Crippen LogP contribution >= 0.6 is 23.2 Å². The van der Waals surface area contributed by atoms with Crippen molar-refractivity contribution in [1.29, 1.82) is 0 Å². The molecule has 2 N–H and O–H groups in total. The first kappa shape index (κ1) is 19.5. The van der Waals surface area contributed by atoms with E-state index in [0.29, 0.717) is 16.5 Å². The van der Waals surface area contributed by atoms with Crippen LogP contribution < -0.4 is 14.8 Å². The summed E-state index contributed by atoms with van der Waals surface area (Å²) in [5.41, 5.74) is 0.396. The smallest absolute Gasteiger partial charge is 0.242 e. The van der Waals surface area contributed by atoms with Gasteiger partial charge in [0.15, 0.2) is 0 Å². The maximum atomic E-state index is 12.4. The van der Waals surface area contributed by atoms with Crippen molar-refractivity contribution < 1.29 is 17.9 Å². The molecule has 25 heavy (non-hydrogen) atoms. The second-order valence-electron chi connectivity index (χ2n) is 5.11. The molecule has 2 aromatic carbocycles. The minimum absolute atomic E-state index is 0.0734. The highest BCUT2D eigenvalue weighted by atomic mass is 35.5. The number of ether oxygens (including phenoxy) is 1. The van der Waals surface area contributed by atoms with E-state index < -0.39 is 22.0 Å². The van der Waals surface area contributed by atoms with Gasteiger partial charge in [-0.1, -0.05) is 35.3 Å². The van der Waals surface area contributed by atoms with E-state index in [-0.39, 0.29) is 9.92 Å². The van der Waals surface area contributed by atoms with E-state index in [1.165, 1.54) is 32.2 Å². The first-order valence-corrected chi connectivity index (χ1v) is 9.40. The summed E-state index contributed by atoms with van der Waals surface area (Å²) in [5.74, 6) is -0.193. The third-order valence-corrected chi connectivity index (χ3v) is 5.45. The average Bonchev–Trinajstić information content (AvgIpc) is 2.56. The van der Waals surface area contributed by atoms with Crippen LogP contribution in [0.4, 0.5) is 5.69 Å². The number of para-hydroxylation sites is 1. The highest BCUT2D eigenvalue weighted by molar-refractivity contribution is 7.89. The number of carbonyl (C=O) groups excluding carboxylic acids is 1. The number of anilines is 1. The number of rotatable bonds is 6. The summed E-state index contributed by atoms with van der Waals surface area (Å²) in [7, 11) is -2.51. The van der Waals surface area contributed by atoms with Gasteiger partial charge in [0.1, 0.15) is 5.75 Å². The molecule has 0 saturated heterocycles. The zero-order valence-corrected chi connectivity index (χ0v) is 15.7. The number of hydrogen-bond donors (Lipinski definition) is 2. The standard InChI is InChI=1S/C16H16Cl2N2O4S/c1-10(16(21)19-14-6-4-3-5-12(14)17)20-25(22,23)11-7-8-15(24-2)13(18)9-11/h3-10,20H,1-2H3,(H,19,21)/t10-/m1/s1. The Morgan fingerprint density at radius 3 is 2.40 bits per heavy atom. The summed E-state index contributed by atoms with van der Waals surface area (Å²) in [6, 6.07) is 9.66. The van der Waals surface area contributed by atoms with Crippen LogP contribution in [-0.2, 0) is 14.8 Å². The quantitative estimate of drug-likeness (QED) is 0.775. The number of benzene rings is 2. The zero-order valence-electron chi connectivity index (χ0n) is 13.4. The molecule has 134 valence electrons. The topological polar surface area (TPSA) is 84.5 Å². The van der Waals surface area contributed by atoms with Crippen LogP contribution in [0.2, 0.25) is 10.0 Å². The van der Waals surface area contributed by atoms with Crippen molar-refractivity contribution in [2.75, 3.05) is 12.4 Å². The molecule has 9 heteroatoms. The van der Waals surface area contributed by atoms with Gasteiger partial charge < -0.3 is 10.1 Å². The Morgan fingerprint density at radius 1 is 1.12 bits per heavy atom. The van der Waals surface area contributed by atoms with Crippen molar-refractivity contribution in [3.63, 3.8) is 0 Å². The second kappa shape index (κ2) is 8.05. The highest BCUT2D eigenvalue weighted by Gasteiger charge is 2.23. The number of amides is 1. The van der Waals surface area contributed by atoms with E-state index in [4.69, 9.17) is 27.9 Å². The zero-order chi connectivity index (χ0) is 18.6. The van der Waals surface area contributed by atoms with E-state index in [9.17, 15) is 13.2 Å². The molecule has 1 amide bonds. The van der Waals surface area contributed by atoms with Crippen molar-refractivity contribution in [2.45, 2.75) is 17.9 Å². The summed E-state index contributed by atoms with van der Waals surface area (Å²) >= 11 is 11.9. The minimum atomic E-state index is -3.94. The number of halogens is 2. The van der Waals surface area contributed by atoms with Crippen LogP contribution in [0.5, 0.6) is 5.75 Å². The molecule has 2 aromatic rings. The minimum Gasteiger partial charge on any atom is -0.495 e. The lowest BCUT2D eigenvalue weighted by Crippen LogP contribution is -2.41. The SMILES string of the molecule is COc1ccc(S(=O)(=O)N[C@H](C)C(=O)Nc2ccccc2Cl)cc1Cl. The number of sulfonamides is 1. The highest BCUT2D eigenvalue weighted by Crippen LogP contribution is 2.27. The molecule has 0 aliphatic rings. The van der Waals surface area contributed by atoms with Crippen molar-refractivity contribution in [3.8, 4) is 5.75 Å². The first-order chi connectivity index (χ1) is 11.7. The molecule has 0 heterocycles. The molecule has 6 nitrogen and oxygen atoms in total. The van der Waals surface area contributed by atoms with E-state index in [1.54, 1.807) is 24.3 Å². The maximum Gasteiger partial charge on any atom is 0.242 e. The Kier molecular flexibility index (Phi) is 6.29. The Labute approximate surface area is 156 Å². The molecule has 0 unspecified atom stereocenters. The lowest BCUT2D eigenvalue weighted by atomic mass is 10.3. The molecule has 0 aliphatic heterocycles. The van der Waals surface area contributed by atoms with Gasteiger partial charge in [0.05, 0.1) is 33.8 Å². The van der Waals surface area contributed by atoms with Gasteiger partial charge in [0.25, 0.3) is 0 Å². The molecule has 0 saturated carbocycles. The van der Waals surface area contributed by atoms with Gasteiger partial charge >= 0.3 is 0 Å². The van der Waals surface area contributed by atoms with E-state index in [2.05, 4.69) is 10.0 Å². The van der Waals surface area contributed by atoms with Gasteiger partial charge in [-0.2, -0.15) is 4.72 Å². The van der Waals surface area contributed by atoms with E-state index in [1.807, 2.05) is 0 Å². The predicted octanol–water partition coefficient (Wildman–Crippen LogP) is 3.31. The summed E-state index contributed by atoms with van der Waals surface area (Å²) in [5, 5.41) is 3.08. The van der Waals surface area contributed by atoms with Crippen LogP contribution in [0.3, 0.4) is 0 Å². The fourth-order valence-electron chi connectivity index (χ4n) is 1.97. The first-order valence-electron chi connectivity index (χ1n) is 7.16. The molecule has 0 bridgehead atoms. The Bertz CT molecular complexity index is 887. The number of methoxy groups -OCH3 is 1. The van der Waals surface area contributed by atoms with Crippen LogP contribution in [0, 0.1) is 0 Å². The van der Waals surface area contributed by atoms with Gasteiger partial charge in [-0.25, -0.2) is 8.42 Å². The number of carbonyl (C=O) groups is 1. The van der Waals surface area contributed by atoms with Crippen molar-refractivity contribution >= 4 is 44.8 Å². The molecular formula is C16H16Cl2N2O4S. The lowest BCUT2D eigenvalue weighted by molar-refractivity contribution is -0.117. The van der Waals surface area contributed by atoms with Gasteiger partial charge in [0.2, 0.25) is 15.9 Å². The Morgan fingerprint density at radius 2 is 1.80 bits per heavy atom. The molecule has 0 aliphatic carbocycles. The van der Waals surface area contributed by atoms with Crippen molar-refractivity contribution in [3.05, 3.63) is 52.5 Å². The van der Waals surface area contributed by atoms with E-state index in [0.717, 1.165) is 0 Å². The molecular weight excluding hydrogens is 387 g/mol. The summed E-state index contributed by atoms with van der Waals surface area (Å²) in [6.07, 6.45) is 0. The van der Waals surface area contributed by atoms with Crippen LogP contribution in [0.15, 0.2) is 47.4 Å². The Hall–Kier alpha value is -1.80. The molecule has 0 fully saturated rings. The van der Waals surface area contributed by atoms with Crippen LogP contribution in [0.1, 0.15) is 6.92 Å². The Balaban J connectivity index is 2.12. The van der Waals surface area contributed by atoms with Crippen molar-refractivity contribution in [1.82, 2.24) is 4.72 Å².